The summed E-state index contributed by atoms with van der Waals surface area (Å²) in [6.07, 6.45) is 1.60. The lowest BCUT2D eigenvalue weighted by Crippen LogP contribution is -2.17. The number of hydrogen-bond donors (Lipinski definition) is 0. The summed E-state index contributed by atoms with van der Waals surface area (Å²) in [6, 6.07) is 4.14. The summed E-state index contributed by atoms with van der Waals surface area (Å²) in [6.45, 7) is 8.81. The van der Waals surface area contributed by atoms with E-state index in [9.17, 15) is 9.59 Å². The molecule has 2 heterocycles. The molecule has 0 aromatic heterocycles. The average Bonchev–Trinajstić information content (AvgIpc) is 2.99. The molecule has 2 aliphatic heterocycles. The minimum Gasteiger partial charge on any atom is -0.493 e. The van der Waals surface area contributed by atoms with E-state index < -0.39 is 0 Å². The molecule has 0 unspecified atom stereocenters. The van der Waals surface area contributed by atoms with E-state index >= 15 is 0 Å². The van der Waals surface area contributed by atoms with Crippen LogP contribution >= 0.6 is 0 Å². The number of ether oxygens (including phenoxy) is 6. The third kappa shape index (κ3) is 3.53. The van der Waals surface area contributed by atoms with Crippen molar-refractivity contribution in [1.29, 1.82) is 0 Å². The molecule has 0 radical (unpaired) electrons. The Labute approximate surface area is 244 Å². The lowest BCUT2D eigenvalue weighted by molar-refractivity contribution is 0.111. The van der Waals surface area contributed by atoms with Gasteiger partial charge in [0.05, 0.1) is 39.6 Å². The van der Waals surface area contributed by atoms with E-state index in [0.717, 1.165) is 56.7 Å². The zero-order chi connectivity index (χ0) is 30.0. The summed E-state index contributed by atoms with van der Waals surface area (Å²) in [5.41, 5.74) is 6.15. The Balaban J connectivity index is 1.82. The first-order valence-electron chi connectivity index (χ1n) is 14.0. The van der Waals surface area contributed by atoms with Gasteiger partial charge < -0.3 is 28.4 Å². The molecular formula is C34H34O8. The molecule has 6 rings (SSSR count). The lowest BCUT2D eigenvalue weighted by atomic mass is 9.81. The highest BCUT2D eigenvalue weighted by molar-refractivity contribution is 6.15. The summed E-state index contributed by atoms with van der Waals surface area (Å²) >= 11 is 0. The van der Waals surface area contributed by atoms with Gasteiger partial charge in [-0.1, -0.05) is 27.7 Å². The van der Waals surface area contributed by atoms with Crippen molar-refractivity contribution in [3.8, 4) is 45.6 Å². The molecule has 0 saturated carbocycles. The molecule has 42 heavy (non-hydrogen) atoms. The van der Waals surface area contributed by atoms with Crippen LogP contribution in [0.15, 0.2) is 12.1 Å². The molecule has 8 heteroatoms. The predicted octanol–water partition coefficient (Wildman–Crippen LogP) is 7.35. The van der Waals surface area contributed by atoms with Gasteiger partial charge in [-0.15, -0.1) is 0 Å². The molecule has 0 atom stereocenters. The van der Waals surface area contributed by atoms with Crippen molar-refractivity contribution >= 4 is 34.1 Å². The Morgan fingerprint density at radius 3 is 1.26 bits per heavy atom. The molecule has 218 valence electrons. The lowest BCUT2D eigenvalue weighted by Gasteiger charge is -2.33. The fraction of sp³-hybridized carbons (Fsp3) is 0.353. The van der Waals surface area contributed by atoms with E-state index in [1.807, 2.05) is 0 Å². The highest BCUT2D eigenvalue weighted by Gasteiger charge is 2.37. The summed E-state index contributed by atoms with van der Waals surface area (Å²) in [5, 5.41) is 3.07. The summed E-state index contributed by atoms with van der Waals surface area (Å²) in [7, 11) is 6.24. The van der Waals surface area contributed by atoms with Crippen molar-refractivity contribution in [3.63, 3.8) is 0 Å². The van der Waals surface area contributed by atoms with Crippen molar-refractivity contribution in [2.75, 3.05) is 28.4 Å². The minimum atomic E-state index is 0.0641. The molecule has 0 saturated heterocycles. The summed E-state index contributed by atoms with van der Waals surface area (Å²) in [4.78, 5) is 25.3. The van der Waals surface area contributed by atoms with Crippen molar-refractivity contribution < 1.29 is 38.0 Å². The minimum absolute atomic E-state index is 0.0641. The van der Waals surface area contributed by atoms with E-state index in [-0.39, 0.29) is 25.0 Å². The maximum atomic E-state index is 12.7. The van der Waals surface area contributed by atoms with Crippen LogP contribution in [0.25, 0.3) is 32.7 Å². The molecular weight excluding hydrogens is 536 g/mol. The Bertz CT molecular complexity index is 1680. The first-order chi connectivity index (χ1) is 20.3. The van der Waals surface area contributed by atoms with Crippen LogP contribution in [0.3, 0.4) is 0 Å². The van der Waals surface area contributed by atoms with E-state index in [1.165, 1.54) is 14.2 Å². The van der Waals surface area contributed by atoms with Gasteiger partial charge in [-0.25, -0.2) is 0 Å². The van der Waals surface area contributed by atoms with Crippen LogP contribution in [-0.4, -0.2) is 41.0 Å². The van der Waals surface area contributed by atoms with Crippen LogP contribution < -0.4 is 28.4 Å². The van der Waals surface area contributed by atoms with Crippen molar-refractivity contribution in [2.45, 2.75) is 52.7 Å². The van der Waals surface area contributed by atoms with Gasteiger partial charge in [-0.3, -0.25) is 9.59 Å². The predicted molar refractivity (Wildman–Crippen MR) is 161 cm³/mol. The topological polar surface area (TPSA) is 89.5 Å². The Morgan fingerprint density at radius 2 is 0.976 bits per heavy atom. The molecule has 0 fully saturated rings. The van der Waals surface area contributed by atoms with Crippen molar-refractivity contribution in [3.05, 3.63) is 45.5 Å². The van der Waals surface area contributed by atoms with Crippen molar-refractivity contribution in [2.24, 2.45) is 0 Å². The van der Waals surface area contributed by atoms with Crippen molar-refractivity contribution in [1.82, 2.24) is 0 Å². The third-order valence-electron chi connectivity index (χ3n) is 8.44. The number of fused-ring (bicyclic) bond motifs is 4. The van der Waals surface area contributed by atoms with Gasteiger partial charge in [0.1, 0.15) is 24.7 Å². The van der Waals surface area contributed by atoms with Crippen LogP contribution in [0, 0.1) is 0 Å². The second kappa shape index (κ2) is 10.1. The number of carbonyl (C=O) groups excluding carboxylic acids is 2. The van der Waals surface area contributed by atoms with Gasteiger partial charge in [0.25, 0.3) is 0 Å². The van der Waals surface area contributed by atoms with Gasteiger partial charge in [-0.05, 0) is 34.7 Å². The highest BCUT2D eigenvalue weighted by Crippen LogP contribution is 2.58. The van der Waals surface area contributed by atoms with E-state index in [1.54, 1.807) is 14.2 Å². The van der Waals surface area contributed by atoms with Gasteiger partial charge in [0, 0.05) is 44.2 Å². The number of benzene rings is 4. The maximum absolute atomic E-state index is 12.7. The second-order valence-electron chi connectivity index (χ2n) is 11.2. The Kier molecular flexibility index (Phi) is 6.67. The molecule has 0 N–H and O–H groups in total. The number of carbonyl (C=O) groups is 2. The smallest absolute Gasteiger partial charge is 0.172 e. The molecule has 0 spiro atoms. The van der Waals surface area contributed by atoms with Crippen LogP contribution in [0.4, 0.5) is 0 Å². The van der Waals surface area contributed by atoms with Crippen LogP contribution in [0.1, 0.15) is 82.5 Å². The van der Waals surface area contributed by atoms with E-state index in [2.05, 4.69) is 39.8 Å². The monoisotopic (exact) mass is 570 g/mol. The number of rotatable bonds is 8. The molecule has 4 aromatic carbocycles. The van der Waals surface area contributed by atoms with Gasteiger partial charge in [-0.2, -0.15) is 0 Å². The normalized spacial score (nSPS) is 13.1. The Morgan fingerprint density at radius 1 is 0.619 bits per heavy atom. The molecule has 0 bridgehead atoms. The summed E-state index contributed by atoms with van der Waals surface area (Å²) < 4.78 is 36.2. The average molecular weight is 571 g/mol. The standard InChI is InChI=1S/C34H34O8/c1-15(2)23-19-9-17-13-42-32-26-18(10-20-24(16(3)4)34(40-8)30(38-6)22(12-36)28(20)32)14-41-31(25(17)26)27(19)21(11-35)29(37-5)33(23)39-7/h9-12,15-16H,13-14H2,1-8H3. The molecule has 0 aliphatic carbocycles. The molecule has 4 aromatic rings. The highest BCUT2D eigenvalue weighted by atomic mass is 16.5. The SMILES string of the molecule is COc1c(OC)c(C=O)c2c3c4c(cc2c1C(C)C)COc1c-4c(cc2c(C(C)C)c(OC)c(OC)c(C=O)c12)CO3. The Hall–Kier alpha value is -4.46. The summed E-state index contributed by atoms with van der Waals surface area (Å²) in [5.74, 6) is 3.15. The largest absolute Gasteiger partial charge is 0.493 e. The molecule has 0 amide bonds. The zero-order valence-electron chi connectivity index (χ0n) is 25.1. The molecule has 8 nitrogen and oxygen atoms in total. The first kappa shape index (κ1) is 27.7. The fourth-order valence-corrected chi connectivity index (χ4v) is 6.89. The van der Waals surface area contributed by atoms with Crippen LogP contribution in [-0.2, 0) is 13.2 Å². The van der Waals surface area contributed by atoms with Crippen LogP contribution in [0.5, 0.6) is 34.5 Å². The van der Waals surface area contributed by atoms with Crippen LogP contribution in [0.2, 0.25) is 0 Å². The van der Waals surface area contributed by atoms with E-state index in [0.29, 0.717) is 56.4 Å². The second-order valence-corrected chi connectivity index (χ2v) is 11.2. The zero-order valence-corrected chi connectivity index (χ0v) is 25.1. The third-order valence-corrected chi connectivity index (χ3v) is 8.44. The first-order valence-corrected chi connectivity index (χ1v) is 14.0. The maximum Gasteiger partial charge on any atom is 0.172 e. The molecule has 2 aliphatic rings. The number of hydrogen-bond acceptors (Lipinski definition) is 8. The number of aldehydes is 2. The van der Waals surface area contributed by atoms with Gasteiger partial charge in [0.2, 0.25) is 0 Å². The van der Waals surface area contributed by atoms with Gasteiger partial charge in [0.15, 0.2) is 35.6 Å². The number of methoxy groups -OCH3 is 4. The fourth-order valence-electron chi connectivity index (χ4n) is 6.89. The van der Waals surface area contributed by atoms with E-state index in [4.69, 9.17) is 28.4 Å². The quantitative estimate of drug-likeness (QED) is 0.203. The van der Waals surface area contributed by atoms with Gasteiger partial charge >= 0.3 is 0 Å².